The maximum absolute atomic E-state index is 4.20. The summed E-state index contributed by atoms with van der Waals surface area (Å²) in [5.74, 6) is 0.601. The molecule has 0 bridgehead atoms. The second-order valence-electron chi connectivity index (χ2n) is 2.87. The summed E-state index contributed by atoms with van der Waals surface area (Å²) in [4.78, 5) is 12.5. The molecule has 4 nitrogen and oxygen atoms in total. The first kappa shape index (κ1) is 7.98. The smallest absolute Gasteiger partial charge is 0.224 e. The van der Waals surface area contributed by atoms with Crippen molar-refractivity contribution in [1.29, 1.82) is 0 Å². The molecule has 0 aliphatic carbocycles. The van der Waals surface area contributed by atoms with E-state index in [1.54, 1.807) is 19.4 Å². The van der Waals surface area contributed by atoms with Gasteiger partial charge in [0, 0.05) is 24.8 Å². The average molecular weight is 172 g/mol. The van der Waals surface area contributed by atoms with Gasteiger partial charge in [-0.1, -0.05) is 11.5 Å². The lowest BCUT2D eigenvalue weighted by Gasteiger charge is -2.00. The zero-order valence-corrected chi connectivity index (χ0v) is 7.57. The molecule has 2 aromatic heterocycles. The lowest BCUT2D eigenvalue weighted by molar-refractivity contribution is 1.17. The lowest BCUT2D eigenvalue weighted by atomic mass is 9.98. The molecule has 0 spiro atoms. The summed E-state index contributed by atoms with van der Waals surface area (Å²) in [6, 6.07) is 2.02. The summed E-state index contributed by atoms with van der Waals surface area (Å²) >= 11 is 0. The molecule has 64 valence electrons. The van der Waals surface area contributed by atoms with Crippen molar-refractivity contribution in [2.24, 2.45) is 0 Å². The molecule has 0 aliphatic rings. The van der Waals surface area contributed by atoms with Crippen LogP contribution >= 0.6 is 0 Å². The fraction of sp³-hybridized carbons (Fsp3) is 0.125. The largest absolute Gasteiger partial charge is 0.357 e. The van der Waals surface area contributed by atoms with Crippen LogP contribution in [0.5, 0.6) is 0 Å². The standard InChI is InChI=1S/C8H9BN4/c1-10-8-12-3-5-2-6(9)4-11-7(5)13-8/h2-4H,9H2,1H3,(H,10,11,12,13). The van der Waals surface area contributed by atoms with Gasteiger partial charge in [0.2, 0.25) is 5.95 Å². The number of anilines is 1. The van der Waals surface area contributed by atoms with E-state index in [1.807, 2.05) is 13.9 Å². The molecule has 0 unspecified atom stereocenters. The fourth-order valence-corrected chi connectivity index (χ4v) is 1.15. The van der Waals surface area contributed by atoms with Crippen molar-refractivity contribution < 1.29 is 0 Å². The molecular weight excluding hydrogens is 163 g/mol. The van der Waals surface area contributed by atoms with E-state index in [0.29, 0.717) is 5.95 Å². The quantitative estimate of drug-likeness (QED) is 0.579. The summed E-state index contributed by atoms with van der Waals surface area (Å²) in [7, 11) is 3.79. The van der Waals surface area contributed by atoms with Gasteiger partial charge in [-0.3, -0.25) is 0 Å². The van der Waals surface area contributed by atoms with Crippen LogP contribution in [0.25, 0.3) is 11.0 Å². The van der Waals surface area contributed by atoms with E-state index in [2.05, 4.69) is 20.3 Å². The molecule has 0 fully saturated rings. The van der Waals surface area contributed by atoms with E-state index in [-0.39, 0.29) is 0 Å². The highest BCUT2D eigenvalue weighted by atomic mass is 15.1. The highest BCUT2D eigenvalue weighted by molar-refractivity contribution is 6.32. The molecular formula is C8H9BN4. The van der Waals surface area contributed by atoms with E-state index in [4.69, 9.17) is 0 Å². The lowest BCUT2D eigenvalue weighted by Crippen LogP contribution is -2.04. The molecule has 0 aliphatic heterocycles. The number of nitrogens with one attached hydrogen (secondary N) is 1. The van der Waals surface area contributed by atoms with Crippen molar-refractivity contribution in [1.82, 2.24) is 15.0 Å². The molecule has 0 saturated heterocycles. The van der Waals surface area contributed by atoms with Crippen molar-refractivity contribution in [2.45, 2.75) is 0 Å². The van der Waals surface area contributed by atoms with Crippen molar-refractivity contribution in [3.63, 3.8) is 0 Å². The predicted molar refractivity (Wildman–Crippen MR) is 55.1 cm³/mol. The Morgan fingerprint density at radius 2 is 2.15 bits per heavy atom. The number of aromatic nitrogens is 3. The molecule has 1 N–H and O–H groups in total. The summed E-state index contributed by atoms with van der Waals surface area (Å²) in [5.41, 5.74) is 1.85. The Hall–Kier alpha value is -1.65. The Balaban J connectivity index is 2.66. The van der Waals surface area contributed by atoms with Gasteiger partial charge >= 0.3 is 0 Å². The molecule has 0 radical (unpaired) electrons. The van der Waals surface area contributed by atoms with Gasteiger partial charge in [-0.15, -0.1) is 0 Å². The Labute approximate surface area is 76.8 Å². The Bertz CT molecular complexity index is 443. The van der Waals surface area contributed by atoms with Gasteiger partial charge in [0.25, 0.3) is 0 Å². The Morgan fingerprint density at radius 3 is 2.92 bits per heavy atom. The van der Waals surface area contributed by atoms with Crippen LogP contribution in [0.3, 0.4) is 0 Å². The van der Waals surface area contributed by atoms with Crippen LogP contribution in [0.1, 0.15) is 0 Å². The van der Waals surface area contributed by atoms with Gasteiger partial charge < -0.3 is 5.32 Å². The van der Waals surface area contributed by atoms with Crippen LogP contribution < -0.4 is 10.8 Å². The fourth-order valence-electron chi connectivity index (χ4n) is 1.15. The zero-order valence-electron chi connectivity index (χ0n) is 7.57. The SMILES string of the molecule is Bc1cnc2nc(NC)ncc2c1. The summed E-state index contributed by atoms with van der Waals surface area (Å²) in [6.45, 7) is 0. The summed E-state index contributed by atoms with van der Waals surface area (Å²) in [6.07, 6.45) is 3.57. The van der Waals surface area contributed by atoms with E-state index in [0.717, 1.165) is 16.5 Å². The van der Waals surface area contributed by atoms with Crippen LogP contribution in [0.4, 0.5) is 5.95 Å². The number of fused-ring (bicyclic) bond motifs is 1. The number of nitrogens with zero attached hydrogens (tertiary/aromatic N) is 3. The molecule has 0 amide bonds. The molecule has 2 aromatic rings. The minimum absolute atomic E-state index is 0.601. The first-order valence-corrected chi connectivity index (χ1v) is 4.07. The van der Waals surface area contributed by atoms with Gasteiger partial charge in [-0.05, 0) is 0 Å². The minimum atomic E-state index is 0.601. The van der Waals surface area contributed by atoms with Gasteiger partial charge in [0.05, 0.1) is 0 Å². The van der Waals surface area contributed by atoms with E-state index < -0.39 is 0 Å². The third-order valence-corrected chi connectivity index (χ3v) is 1.79. The zero-order chi connectivity index (χ0) is 9.26. The molecule has 13 heavy (non-hydrogen) atoms. The number of rotatable bonds is 1. The van der Waals surface area contributed by atoms with Crippen molar-refractivity contribution in [2.75, 3.05) is 12.4 Å². The van der Waals surface area contributed by atoms with Gasteiger partial charge in [-0.25, -0.2) is 9.97 Å². The highest BCUT2D eigenvalue weighted by Gasteiger charge is 1.98. The second kappa shape index (κ2) is 3.01. The van der Waals surface area contributed by atoms with E-state index in [1.165, 1.54) is 0 Å². The second-order valence-corrected chi connectivity index (χ2v) is 2.87. The first-order chi connectivity index (χ1) is 6.29. The third-order valence-electron chi connectivity index (χ3n) is 1.79. The number of hydrogen-bond donors (Lipinski definition) is 1. The topological polar surface area (TPSA) is 50.7 Å². The molecule has 0 saturated carbocycles. The van der Waals surface area contributed by atoms with E-state index in [9.17, 15) is 0 Å². The Kier molecular flexibility index (Phi) is 1.85. The highest BCUT2D eigenvalue weighted by Crippen LogP contribution is 2.06. The normalized spacial score (nSPS) is 10.2. The number of pyridine rings is 1. The summed E-state index contributed by atoms with van der Waals surface area (Å²) < 4.78 is 0. The molecule has 0 atom stereocenters. The van der Waals surface area contributed by atoms with Crippen LogP contribution in [-0.4, -0.2) is 29.8 Å². The van der Waals surface area contributed by atoms with Gasteiger partial charge in [-0.2, -0.15) is 4.98 Å². The Morgan fingerprint density at radius 1 is 1.31 bits per heavy atom. The van der Waals surface area contributed by atoms with E-state index >= 15 is 0 Å². The van der Waals surface area contributed by atoms with Crippen molar-refractivity contribution >= 4 is 30.3 Å². The number of hydrogen-bond acceptors (Lipinski definition) is 4. The monoisotopic (exact) mass is 172 g/mol. The van der Waals surface area contributed by atoms with Gasteiger partial charge in [0.15, 0.2) is 5.65 Å². The minimum Gasteiger partial charge on any atom is -0.357 e. The maximum Gasteiger partial charge on any atom is 0.224 e. The molecule has 5 heteroatoms. The van der Waals surface area contributed by atoms with Crippen LogP contribution in [-0.2, 0) is 0 Å². The first-order valence-electron chi connectivity index (χ1n) is 4.07. The molecule has 2 rings (SSSR count). The van der Waals surface area contributed by atoms with Crippen molar-refractivity contribution in [3.8, 4) is 0 Å². The predicted octanol–water partition coefficient (Wildman–Crippen LogP) is -0.675. The van der Waals surface area contributed by atoms with Crippen molar-refractivity contribution in [3.05, 3.63) is 18.5 Å². The van der Waals surface area contributed by atoms with Crippen LogP contribution in [0.2, 0.25) is 0 Å². The third kappa shape index (κ3) is 1.45. The summed E-state index contributed by atoms with van der Waals surface area (Å²) in [5, 5.41) is 3.84. The maximum atomic E-state index is 4.20. The average Bonchev–Trinajstić information content (AvgIpc) is 2.17. The van der Waals surface area contributed by atoms with Crippen LogP contribution in [0, 0.1) is 0 Å². The van der Waals surface area contributed by atoms with Gasteiger partial charge in [0.1, 0.15) is 7.85 Å². The molecule has 2 heterocycles. The molecule has 0 aromatic carbocycles. The van der Waals surface area contributed by atoms with Crippen LogP contribution in [0.15, 0.2) is 18.5 Å².